The monoisotopic (exact) mass is 385 g/mol. The number of carbonyl (C=O) groups excluding carboxylic acids is 1. The van der Waals surface area contributed by atoms with E-state index in [4.69, 9.17) is 0 Å². The molecule has 0 atom stereocenters. The summed E-state index contributed by atoms with van der Waals surface area (Å²) in [5.74, 6) is 1.00. The van der Waals surface area contributed by atoms with E-state index in [0.717, 1.165) is 48.4 Å². The van der Waals surface area contributed by atoms with E-state index in [1.807, 2.05) is 36.5 Å². The van der Waals surface area contributed by atoms with Crippen LogP contribution >= 0.6 is 0 Å². The van der Waals surface area contributed by atoms with Crippen LogP contribution in [-0.2, 0) is 19.4 Å². The number of hydrogen-bond donors (Lipinski definition) is 1. The zero-order valence-electron chi connectivity index (χ0n) is 16.7. The standard InChI is InChI=1S/C25H27N3O/c29-25(27-19-21-13-15-24(26-18-21)28-16-6-7-17-28)23-11-5-4-10-22(23)14-12-20-8-2-1-3-9-20/h1-5,8-11,13,15,18H,6-7,12,14,16-17,19H2,(H,27,29). The lowest BCUT2D eigenvalue weighted by molar-refractivity contribution is 0.0950. The van der Waals surface area contributed by atoms with Crippen LogP contribution in [0.3, 0.4) is 0 Å². The first-order valence-electron chi connectivity index (χ1n) is 10.4. The van der Waals surface area contributed by atoms with Crippen LogP contribution in [0.25, 0.3) is 0 Å². The Kier molecular flexibility index (Phi) is 6.20. The number of nitrogens with one attached hydrogen (secondary N) is 1. The third kappa shape index (κ3) is 5.02. The van der Waals surface area contributed by atoms with E-state index in [0.29, 0.717) is 6.54 Å². The lowest BCUT2D eigenvalue weighted by atomic mass is 9.99. The van der Waals surface area contributed by atoms with Gasteiger partial charge in [0.25, 0.3) is 5.91 Å². The lowest BCUT2D eigenvalue weighted by Crippen LogP contribution is -2.24. The Morgan fingerprint density at radius 2 is 1.62 bits per heavy atom. The number of nitrogens with zero attached hydrogens (tertiary/aromatic N) is 2. The van der Waals surface area contributed by atoms with Crippen LogP contribution in [0.4, 0.5) is 5.82 Å². The first-order valence-corrected chi connectivity index (χ1v) is 10.4. The number of anilines is 1. The Labute approximate surface area is 172 Å². The van der Waals surface area contributed by atoms with Crippen LogP contribution in [0.2, 0.25) is 0 Å². The molecule has 0 unspecified atom stereocenters. The molecule has 2 heterocycles. The molecule has 0 bridgehead atoms. The van der Waals surface area contributed by atoms with Crippen molar-refractivity contribution in [1.82, 2.24) is 10.3 Å². The van der Waals surface area contributed by atoms with Crippen molar-refractivity contribution < 1.29 is 4.79 Å². The van der Waals surface area contributed by atoms with E-state index in [-0.39, 0.29) is 5.91 Å². The van der Waals surface area contributed by atoms with E-state index < -0.39 is 0 Å². The van der Waals surface area contributed by atoms with Gasteiger partial charge in [0, 0.05) is 31.4 Å². The summed E-state index contributed by atoms with van der Waals surface area (Å²) in [6, 6.07) is 22.4. The highest BCUT2D eigenvalue weighted by atomic mass is 16.1. The van der Waals surface area contributed by atoms with Crippen molar-refractivity contribution in [2.75, 3.05) is 18.0 Å². The minimum Gasteiger partial charge on any atom is -0.357 e. The number of benzene rings is 2. The van der Waals surface area contributed by atoms with Gasteiger partial charge in [0.2, 0.25) is 0 Å². The summed E-state index contributed by atoms with van der Waals surface area (Å²) in [6.45, 7) is 2.66. The molecule has 1 aliphatic rings. The molecule has 1 amide bonds. The second kappa shape index (κ2) is 9.37. The number of pyridine rings is 1. The van der Waals surface area contributed by atoms with Gasteiger partial charge >= 0.3 is 0 Å². The minimum absolute atomic E-state index is 0.0303. The van der Waals surface area contributed by atoms with E-state index in [9.17, 15) is 4.79 Å². The Hall–Kier alpha value is -3.14. The number of hydrogen-bond acceptors (Lipinski definition) is 3. The summed E-state index contributed by atoms with van der Waals surface area (Å²) in [4.78, 5) is 19.7. The second-order valence-electron chi connectivity index (χ2n) is 7.54. The minimum atomic E-state index is -0.0303. The molecule has 3 aromatic rings. The molecular formula is C25H27N3O. The van der Waals surface area contributed by atoms with E-state index in [1.165, 1.54) is 18.4 Å². The van der Waals surface area contributed by atoms with E-state index >= 15 is 0 Å². The Bertz CT molecular complexity index is 932. The summed E-state index contributed by atoms with van der Waals surface area (Å²) in [5.41, 5.74) is 4.14. The first-order chi connectivity index (χ1) is 14.3. The van der Waals surface area contributed by atoms with Gasteiger partial charge in [0.1, 0.15) is 5.82 Å². The Balaban J connectivity index is 1.36. The van der Waals surface area contributed by atoms with Crippen LogP contribution in [0, 0.1) is 0 Å². The van der Waals surface area contributed by atoms with Gasteiger partial charge in [-0.15, -0.1) is 0 Å². The third-order valence-electron chi connectivity index (χ3n) is 5.48. The Morgan fingerprint density at radius 3 is 2.38 bits per heavy atom. The number of amides is 1. The summed E-state index contributed by atoms with van der Waals surface area (Å²) in [6.07, 6.45) is 6.12. The molecule has 1 fully saturated rings. The molecule has 1 aromatic heterocycles. The molecule has 4 heteroatoms. The molecule has 4 nitrogen and oxygen atoms in total. The van der Waals surface area contributed by atoms with Gasteiger partial charge in [-0.25, -0.2) is 4.98 Å². The van der Waals surface area contributed by atoms with Gasteiger partial charge in [0.05, 0.1) is 0 Å². The van der Waals surface area contributed by atoms with Crippen molar-refractivity contribution in [1.29, 1.82) is 0 Å². The lowest BCUT2D eigenvalue weighted by Gasteiger charge is -2.16. The number of aromatic nitrogens is 1. The maximum absolute atomic E-state index is 12.8. The molecule has 1 N–H and O–H groups in total. The van der Waals surface area contributed by atoms with Crippen molar-refractivity contribution in [3.05, 3.63) is 95.2 Å². The van der Waals surface area contributed by atoms with Gasteiger partial charge in [-0.05, 0) is 54.5 Å². The quantitative estimate of drug-likeness (QED) is 0.656. The molecule has 4 rings (SSSR count). The van der Waals surface area contributed by atoms with Gasteiger partial charge in [-0.1, -0.05) is 54.6 Å². The van der Waals surface area contributed by atoms with Crippen LogP contribution < -0.4 is 10.2 Å². The van der Waals surface area contributed by atoms with Gasteiger partial charge in [-0.3, -0.25) is 4.79 Å². The highest BCUT2D eigenvalue weighted by Gasteiger charge is 2.14. The van der Waals surface area contributed by atoms with Crippen molar-refractivity contribution in [2.24, 2.45) is 0 Å². The number of rotatable bonds is 7. The van der Waals surface area contributed by atoms with E-state index in [2.05, 4.69) is 51.6 Å². The highest BCUT2D eigenvalue weighted by molar-refractivity contribution is 5.95. The largest absolute Gasteiger partial charge is 0.357 e. The van der Waals surface area contributed by atoms with E-state index in [1.54, 1.807) is 0 Å². The third-order valence-corrected chi connectivity index (χ3v) is 5.48. The van der Waals surface area contributed by atoms with Crippen LogP contribution in [0.5, 0.6) is 0 Å². The zero-order valence-corrected chi connectivity index (χ0v) is 16.7. The fourth-order valence-electron chi connectivity index (χ4n) is 3.82. The topological polar surface area (TPSA) is 45.2 Å². The fraction of sp³-hybridized carbons (Fsp3) is 0.280. The van der Waals surface area contributed by atoms with Gasteiger partial charge in [-0.2, -0.15) is 0 Å². The molecule has 0 radical (unpaired) electrons. The normalized spacial score (nSPS) is 13.4. The fourth-order valence-corrected chi connectivity index (χ4v) is 3.82. The van der Waals surface area contributed by atoms with Crippen LogP contribution in [-0.4, -0.2) is 24.0 Å². The highest BCUT2D eigenvalue weighted by Crippen LogP contribution is 2.18. The van der Waals surface area contributed by atoms with Crippen molar-refractivity contribution in [3.8, 4) is 0 Å². The second-order valence-corrected chi connectivity index (χ2v) is 7.54. The molecule has 2 aromatic carbocycles. The first kappa shape index (κ1) is 19.2. The molecule has 29 heavy (non-hydrogen) atoms. The number of aryl methyl sites for hydroxylation is 2. The smallest absolute Gasteiger partial charge is 0.251 e. The van der Waals surface area contributed by atoms with Crippen molar-refractivity contribution in [3.63, 3.8) is 0 Å². The maximum atomic E-state index is 12.8. The molecule has 1 aliphatic heterocycles. The maximum Gasteiger partial charge on any atom is 0.251 e. The predicted octanol–water partition coefficient (Wildman–Crippen LogP) is 4.40. The van der Waals surface area contributed by atoms with Crippen molar-refractivity contribution in [2.45, 2.75) is 32.2 Å². The molecule has 0 aliphatic carbocycles. The molecular weight excluding hydrogens is 358 g/mol. The molecule has 0 spiro atoms. The number of carbonyl (C=O) groups is 1. The summed E-state index contributed by atoms with van der Waals surface area (Å²) < 4.78 is 0. The predicted molar refractivity (Wildman–Crippen MR) is 117 cm³/mol. The van der Waals surface area contributed by atoms with Gasteiger partial charge in [0.15, 0.2) is 0 Å². The molecule has 1 saturated heterocycles. The summed E-state index contributed by atoms with van der Waals surface area (Å²) >= 11 is 0. The SMILES string of the molecule is O=C(NCc1ccc(N2CCCC2)nc1)c1ccccc1CCc1ccccc1. The molecule has 0 saturated carbocycles. The van der Waals surface area contributed by atoms with Crippen LogP contribution in [0.15, 0.2) is 72.9 Å². The zero-order chi connectivity index (χ0) is 19.9. The average Bonchev–Trinajstić information content (AvgIpc) is 3.32. The van der Waals surface area contributed by atoms with Crippen LogP contribution in [0.1, 0.15) is 39.9 Å². The Morgan fingerprint density at radius 1 is 0.862 bits per heavy atom. The average molecular weight is 386 g/mol. The van der Waals surface area contributed by atoms with Crippen molar-refractivity contribution >= 4 is 11.7 Å². The van der Waals surface area contributed by atoms with Gasteiger partial charge < -0.3 is 10.2 Å². The molecule has 148 valence electrons. The summed E-state index contributed by atoms with van der Waals surface area (Å²) in [7, 11) is 0. The summed E-state index contributed by atoms with van der Waals surface area (Å²) in [5, 5.41) is 3.05.